The molecule has 0 aliphatic carbocycles. The van der Waals surface area contributed by atoms with Crippen molar-refractivity contribution in [3.05, 3.63) is 0 Å². The summed E-state index contributed by atoms with van der Waals surface area (Å²) in [6.45, 7) is 0. The van der Waals surface area contributed by atoms with Crippen LogP contribution in [0.25, 0.3) is 0 Å². The van der Waals surface area contributed by atoms with Crippen LogP contribution in [0.4, 0.5) is 0 Å². The molecule has 0 amide bonds. The second-order valence-electron chi connectivity index (χ2n) is 0.476. The van der Waals surface area contributed by atoms with Gasteiger partial charge in [0.1, 0.15) is 0 Å². The van der Waals surface area contributed by atoms with Crippen molar-refractivity contribution in [2.24, 2.45) is 0 Å². The fourth-order valence-corrected chi connectivity index (χ4v) is 0.376. The number of hydrogen-bond acceptors (Lipinski definition) is 2. The summed E-state index contributed by atoms with van der Waals surface area (Å²) in [7, 11) is -2.48. The van der Waals surface area contributed by atoms with Gasteiger partial charge in [0.15, 0.2) is 6.07 Å². The van der Waals surface area contributed by atoms with Crippen molar-refractivity contribution in [2.75, 3.05) is 6.07 Å². The van der Waals surface area contributed by atoms with Crippen molar-refractivity contribution >= 4 is 19.9 Å². The van der Waals surface area contributed by atoms with Crippen LogP contribution in [0.2, 0.25) is 0 Å². The van der Waals surface area contributed by atoms with Crippen molar-refractivity contribution in [1.29, 1.82) is 0 Å². The van der Waals surface area contributed by atoms with E-state index in [-0.39, 0.29) is 68.0 Å². The molecule has 3 nitrogen and oxygen atoms in total. The average molecular weight is 177 g/mol. The molecule has 0 radical (unpaired) electrons. The fourth-order valence-electron chi connectivity index (χ4n) is 0.0417. The Hall–Kier alpha value is 2.31. The minimum absolute atomic E-state index is 0. The minimum atomic E-state index is -2.48. The fraction of sp³-hybridized carbons (Fsp3) is 1.00. The first-order valence-electron chi connectivity index (χ1n) is 1.12. The van der Waals surface area contributed by atoms with E-state index in [4.69, 9.17) is 16.5 Å². The predicted octanol–water partition coefficient (Wildman–Crippen LogP) is -4.92. The largest absolute Gasteiger partial charge is 1.00 e. The minimum Gasteiger partial charge on any atom is -1.00 e. The van der Waals surface area contributed by atoms with Gasteiger partial charge in [-0.05, 0) is 0 Å². The van der Waals surface area contributed by atoms with Crippen LogP contribution in [0.1, 0.15) is 2.85 Å². The molecule has 0 fully saturated rings. The summed E-state index contributed by atoms with van der Waals surface area (Å²) >= 11 is 4.83. The molecule has 40 valence electrons. The van der Waals surface area contributed by atoms with Gasteiger partial charge in [0.25, 0.3) is 0 Å². The van der Waals surface area contributed by atoms with Gasteiger partial charge in [-0.25, -0.2) is 0 Å². The van der Waals surface area contributed by atoms with Crippen LogP contribution in [-0.2, 0) is 9.09 Å². The quantitative estimate of drug-likeness (QED) is 0.261. The van der Waals surface area contributed by atoms with Gasteiger partial charge >= 0.3 is 67.4 Å². The predicted molar refractivity (Wildman–Crippen MR) is 23.9 cm³/mol. The van der Waals surface area contributed by atoms with Gasteiger partial charge in [-0.15, -0.1) is 9.42 Å². The first-order valence-corrected chi connectivity index (χ1v) is 2.79. The molecule has 0 aromatic rings. The van der Waals surface area contributed by atoms with Crippen molar-refractivity contribution in [1.82, 2.24) is 0 Å². The molecule has 0 saturated carbocycles. The monoisotopic (exact) mass is 177 g/mol. The molecule has 0 aromatic carbocycles. The number of alkyl halides is 1. The number of hydrogen-bond donors (Lipinski definition) is 1. The summed E-state index contributed by atoms with van der Waals surface area (Å²) in [5.74, 6) is 0. The molecular weight excluding hydrogens is 172 g/mol. The Morgan fingerprint density at radius 1 is 1.75 bits per heavy atom. The molecule has 0 aromatic heterocycles. The summed E-state index contributed by atoms with van der Waals surface area (Å²) in [6.07, 6.45) is 0. The van der Waals surface area contributed by atoms with Crippen LogP contribution in [-0.4, -0.2) is 11.0 Å². The van der Waals surface area contributed by atoms with Crippen molar-refractivity contribution in [3.63, 3.8) is 0 Å². The van der Waals surface area contributed by atoms with Gasteiger partial charge in [-0.2, -0.15) is 0 Å². The van der Waals surface area contributed by atoms with E-state index in [0.717, 1.165) is 0 Å². The van der Waals surface area contributed by atoms with Gasteiger partial charge < -0.3 is 2.85 Å². The summed E-state index contributed by atoms with van der Waals surface area (Å²) < 4.78 is 13.3. The average Bonchev–Trinajstić information content (AvgIpc) is 1.35. The van der Waals surface area contributed by atoms with Crippen molar-refractivity contribution in [3.8, 4) is 0 Å². The zero-order valence-corrected chi connectivity index (χ0v) is 10.4. The molecule has 0 heterocycles. The van der Waals surface area contributed by atoms with Crippen LogP contribution in [0.5, 0.6) is 0 Å². The Morgan fingerprint density at radius 3 is 2.12 bits per heavy atom. The molecule has 0 spiro atoms. The van der Waals surface area contributed by atoms with Crippen LogP contribution in [0.3, 0.4) is 0 Å². The van der Waals surface area contributed by atoms with E-state index >= 15 is 0 Å². The molecule has 0 rings (SSSR count). The molecule has 1 unspecified atom stereocenters. The Morgan fingerprint density at radius 2 is 2.12 bits per heavy atom. The first-order chi connectivity index (χ1) is 2.77. The maximum absolute atomic E-state index is 9.44. The SMILES string of the molecule is O=[P+](O)OCCl.[H-].[H-].[Na+].[Na+]. The third-order valence-electron chi connectivity index (χ3n) is 0.159. The zero-order valence-electron chi connectivity index (χ0n) is 6.80. The van der Waals surface area contributed by atoms with Gasteiger partial charge in [0.2, 0.25) is 0 Å². The van der Waals surface area contributed by atoms with Crippen molar-refractivity contribution < 1.29 is 76.0 Å². The molecular formula is CH5ClNa2O3P+. The van der Waals surface area contributed by atoms with Crippen LogP contribution >= 0.6 is 19.9 Å². The van der Waals surface area contributed by atoms with Gasteiger partial charge in [-0.3, -0.25) is 0 Å². The molecule has 8 heavy (non-hydrogen) atoms. The molecule has 0 aliphatic rings. The van der Waals surface area contributed by atoms with E-state index in [0.29, 0.717) is 0 Å². The Bertz CT molecular complexity index is 68.5. The molecule has 1 N–H and O–H groups in total. The normalized spacial score (nSPS) is 8.50. The Balaban J connectivity index is -0.0000000208. The topological polar surface area (TPSA) is 46.5 Å². The standard InChI is InChI=1S/CH2ClO3P.2Na.2H/c2-1-5-6(3)4;;;;/h1H2;;;;/q;2*+1;2*-1/p+1. The molecule has 7 heteroatoms. The second kappa shape index (κ2) is 12.0. The smallest absolute Gasteiger partial charge is 1.00 e. The maximum Gasteiger partial charge on any atom is 1.00 e. The second-order valence-corrected chi connectivity index (χ2v) is 1.43. The van der Waals surface area contributed by atoms with E-state index < -0.39 is 8.25 Å². The van der Waals surface area contributed by atoms with E-state index in [1.54, 1.807) is 0 Å². The third-order valence-corrected chi connectivity index (χ3v) is 0.770. The van der Waals surface area contributed by atoms with Gasteiger partial charge in [0.05, 0.1) is 0 Å². The molecule has 0 saturated heterocycles. The maximum atomic E-state index is 9.44. The molecule has 0 aliphatic heterocycles. The Kier molecular flexibility index (Phi) is 25.2. The van der Waals surface area contributed by atoms with Crippen LogP contribution in [0, 0.1) is 0 Å². The van der Waals surface area contributed by atoms with Crippen LogP contribution < -0.4 is 59.1 Å². The summed E-state index contributed by atoms with van der Waals surface area (Å²) in [5, 5.41) is 0. The Labute approximate surface area is 101 Å². The van der Waals surface area contributed by atoms with E-state index in [2.05, 4.69) is 4.52 Å². The zero-order chi connectivity index (χ0) is 4.99. The van der Waals surface area contributed by atoms with Gasteiger partial charge in [-0.1, -0.05) is 11.6 Å². The van der Waals surface area contributed by atoms with Gasteiger partial charge in [0, 0.05) is 4.57 Å². The number of halogens is 1. The van der Waals surface area contributed by atoms with E-state index in [1.165, 1.54) is 0 Å². The summed E-state index contributed by atoms with van der Waals surface area (Å²) in [5.41, 5.74) is 0. The molecule has 0 bridgehead atoms. The first kappa shape index (κ1) is 16.7. The van der Waals surface area contributed by atoms with E-state index in [1.807, 2.05) is 0 Å². The summed E-state index contributed by atoms with van der Waals surface area (Å²) in [4.78, 5) is 7.75. The third kappa shape index (κ3) is 15.7. The number of rotatable bonds is 2. The summed E-state index contributed by atoms with van der Waals surface area (Å²) in [6, 6.07) is -0.230. The van der Waals surface area contributed by atoms with Crippen molar-refractivity contribution in [2.45, 2.75) is 0 Å². The van der Waals surface area contributed by atoms with Crippen LogP contribution in [0.15, 0.2) is 0 Å². The molecule has 1 atom stereocenters. The van der Waals surface area contributed by atoms with E-state index in [9.17, 15) is 4.57 Å².